The van der Waals surface area contributed by atoms with E-state index >= 15 is 0 Å². The Morgan fingerprint density at radius 3 is 2.75 bits per heavy atom. The molecule has 3 nitrogen and oxygen atoms in total. The van der Waals surface area contributed by atoms with Gasteiger partial charge in [-0.05, 0) is 36.6 Å². The highest BCUT2D eigenvalue weighted by Gasteiger charge is 2.10. The van der Waals surface area contributed by atoms with E-state index in [9.17, 15) is 0 Å². The number of hydrogen-bond donors (Lipinski definition) is 1. The summed E-state index contributed by atoms with van der Waals surface area (Å²) in [5.74, 6) is 0.515. The average molecular weight is 286 g/mol. The summed E-state index contributed by atoms with van der Waals surface area (Å²) in [6.07, 6.45) is 0.925. The number of benzene rings is 2. The summed E-state index contributed by atoms with van der Waals surface area (Å²) < 4.78 is 2.02. The largest absolute Gasteiger partial charge is 0.369 e. The van der Waals surface area contributed by atoms with Crippen LogP contribution in [0.15, 0.2) is 42.5 Å². The van der Waals surface area contributed by atoms with Gasteiger partial charge in [-0.2, -0.15) is 0 Å². The van der Waals surface area contributed by atoms with Gasteiger partial charge < -0.3 is 10.3 Å². The van der Waals surface area contributed by atoms with Crippen LogP contribution >= 0.6 is 11.6 Å². The number of fused-ring (bicyclic) bond motifs is 1. The Morgan fingerprint density at radius 2 is 1.95 bits per heavy atom. The molecular formula is C16H16ClN3. The highest BCUT2D eigenvalue weighted by Crippen LogP contribution is 2.25. The molecular weight excluding hydrogens is 270 g/mol. The van der Waals surface area contributed by atoms with Crippen LogP contribution in [0, 0.1) is 6.92 Å². The maximum Gasteiger partial charge on any atom is 0.201 e. The summed E-state index contributed by atoms with van der Waals surface area (Å²) in [5.41, 5.74) is 10.4. The minimum atomic E-state index is 0.515. The molecule has 0 aliphatic heterocycles. The quantitative estimate of drug-likeness (QED) is 0.795. The van der Waals surface area contributed by atoms with Crippen molar-refractivity contribution < 1.29 is 0 Å². The van der Waals surface area contributed by atoms with Crippen LogP contribution in [0.1, 0.15) is 11.1 Å². The van der Waals surface area contributed by atoms with E-state index < -0.39 is 0 Å². The molecule has 0 bridgehead atoms. The van der Waals surface area contributed by atoms with Gasteiger partial charge in [-0.1, -0.05) is 41.9 Å². The van der Waals surface area contributed by atoms with E-state index in [2.05, 4.69) is 36.2 Å². The van der Waals surface area contributed by atoms with Gasteiger partial charge in [0, 0.05) is 6.54 Å². The molecule has 4 heteroatoms. The molecule has 0 radical (unpaired) electrons. The van der Waals surface area contributed by atoms with Crippen LogP contribution in [0.25, 0.3) is 11.0 Å². The Hall–Kier alpha value is -2.00. The van der Waals surface area contributed by atoms with Gasteiger partial charge in [0.15, 0.2) is 0 Å². The van der Waals surface area contributed by atoms with E-state index in [0.717, 1.165) is 24.0 Å². The molecule has 3 aromatic rings. The number of nitrogens with two attached hydrogens (primary N) is 1. The zero-order valence-electron chi connectivity index (χ0n) is 11.3. The van der Waals surface area contributed by atoms with Crippen molar-refractivity contribution in [2.45, 2.75) is 19.9 Å². The number of hydrogen-bond acceptors (Lipinski definition) is 2. The number of nitrogens with zero attached hydrogens (tertiary/aromatic N) is 2. The van der Waals surface area contributed by atoms with Crippen molar-refractivity contribution in [3.8, 4) is 0 Å². The first-order valence-corrected chi connectivity index (χ1v) is 6.99. The average Bonchev–Trinajstić information content (AvgIpc) is 2.76. The molecule has 0 amide bonds. The maximum absolute atomic E-state index is 6.15. The molecule has 20 heavy (non-hydrogen) atoms. The molecule has 0 aliphatic carbocycles. The molecule has 1 heterocycles. The molecule has 2 N–H and O–H groups in total. The molecule has 0 fully saturated rings. The van der Waals surface area contributed by atoms with Crippen molar-refractivity contribution in [2.24, 2.45) is 0 Å². The van der Waals surface area contributed by atoms with E-state index in [1.807, 2.05) is 22.8 Å². The van der Waals surface area contributed by atoms with Gasteiger partial charge in [-0.3, -0.25) is 0 Å². The molecule has 3 rings (SSSR count). The summed E-state index contributed by atoms with van der Waals surface area (Å²) in [7, 11) is 0. The van der Waals surface area contributed by atoms with Crippen molar-refractivity contribution in [1.29, 1.82) is 0 Å². The molecule has 0 atom stereocenters. The highest BCUT2D eigenvalue weighted by atomic mass is 35.5. The smallest absolute Gasteiger partial charge is 0.201 e. The van der Waals surface area contributed by atoms with Gasteiger partial charge in [0.2, 0.25) is 5.95 Å². The Balaban J connectivity index is 1.94. The number of aromatic nitrogens is 2. The molecule has 102 valence electrons. The number of imidazole rings is 1. The summed E-state index contributed by atoms with van der Waals surface area (Å²) in [4.78, 5) is 4.36. The van der Waals surface area contributed by atoms with E-state index in [0.29, 0.717) is 11.0 Å². The lowest BCUT2D eigenvalue weighted by Crippen LogP contribution is -2.06. The third kappa shape index (κ3) is 2.25. The van der Waals surface area contributed by atoms with Crippen LogP contribution in [0.2, 0.25) is 5.02 Å². The number of nitrogen functional groups attached to an aromatic ring is 1. The van der Waals surface area contributed by atoms with Crippen LogP contribution in [0.4, 0.5) is 5.95 Å². The number of halogens is 1. The Bertz CT molecular complexity index is 762. The zero-order chi connectivity index (χ0) is 14.1. The van der Waals surface area contributed by atoms with E-state index in [1.54, 1.807) is 0 Å². The lowest BCUT2D eigenvalue weighted by molar-refractivity contribution is 0.723. The third-order valence-electron chi connectivity index (χ3n) is 3.63. The SMILES string of the molecule is Cc1ccccc1CCn1c(N)nc2c(Cl)cccc21. The van der Waals surface area contributed by atoms with Crippen molar-refractivity contribution in [2.75, 3.05) is 5.73 Å². The summed E-state index contributed by atoms with van der Waals surface area (Å²) in [6, 6.07) is 14.2. The number of rotatable bonds is 3. The topological polar surface area (TPSA) is 43.8 Å². The van der Waals surface area contributed by atoms with Crippen molar-refractivity contribution in [3.63, 3.8) is 0 Å². The fourth-order valence-electron chi connectivity index (χ4n) is 2.49. The van der Waals surface area contributed by atoms with E-state index in [-0.39, 0.29) is 0 Å². The van der Waals surface area contributed by atoms with Gasteiger partial charge in [-0.15, -0.1) is 0 Å². The molecule has 2 aromatic carbocycles. The number of aryl methyl sites for hydroxylation is 3. The minimum Gasteiger partial charge on any atom is -0.369 e. The van der Waals surface area contributed by atoms with Crippen LogP contribution in [-0.2, 0) is 13.0 Å². The predicted molar refractivity (Wildman–Crippen MR) is 84.0 cm³/mol. The fourth-order valence-corrected chi connectivity index (χ4v) is 2.70. The Kier molecular flexibility index (Phi) is 3.36. The predicted octanol–water partition coefficient (Wildman–Crippen LogP) is 3.82. The van der Waals surface area contributed by atoms with E-state index in [1.165, 1.54) is 11.1 Å². The van der Waals surface area contributed by atoms with Gasteiger partial charge in [0.1, 0.15) is 5.52 Å². The van der Waals surface area contributed by atoms with Gasteiger partial charge in [-0.25, -0.2) is 4.98 Å². The summed E-state index contributed by atoms with van der Waals surface area (Å²) in [5, 5.41) is 0.642. The second-order valence-electron chi connectivity index (χ2n) is 4.91. The molecule has 0 saturated carbocycles. The second-order valence-corrected chi connectivity index (χ2v) is 5.31. The minimum absolute atomic E-state index is 0.515. The third-order valence-corrected chi connectivity index (χ3v) is 3.93. The molecule has 1 aromatic heterocycles. The van der Waals surface area contributed by atoms with Gasteiger partial charge in [0.05, 0.1) is 10.5 Å². The van der Waals surface area contributed by atoms with Crippen LogP contribution in [0.5, 0.6) is 0 Å². The van der Waals surface area contributed by atoms with Gasteiger partial charge in [0.25, 0.3) is 0 Å². The monoisotopic (exact) mass is 285 g/mol. The van der Waals surface area contributed by atoms with E-state index in [4.69, 9.17) is 17.3 Å². The van der Waals surface area contributed by atoms with Crippen LogP contribution in [-0.4, -0.2) is 9.55 Å². The lowest BCUT2D eigenvalue weighted by atomic mass is 10.1. The standard InChI is InChI=1S/C16H16ClN3/c1-11-5-2-3-6-12(11)9-10-20-14-8-4-7-13(17)15(14)19-16(20)18/h2-8H,9-10H2,1H3,(H2,18,19). The lowest BCUT2D eigenvalue weighted by Gasteiger charge is -2.08. The van der Waals surface area contributed by atoms with Crippen molar-refractivity contribution >= 4 is 28.6 Å². The molecule has 0 spiro atoms. The highest BCUT2D eigenvalue weighted by molar-refractivity contribution is 6.35. The summed E-state index contributed by atoms with van der Waals surface area (Å²) in [6.45, 7) is 2.93. The van der Waals surface area contributed by atoms with Crippen LogP contribution < -0.4 is 5.73 Å². The fraction of sp³-hybridized carbons (Fsp3) is 0.188. The van der Waals surface area contributed by atoms with Crippen molar-refractivity contribution in [3.05, 3.63) is 58.6 Å². The molecule has 0 saturated heterocycles. The molecule has 0 unspecified atom stereocenters. The Morgan fingerprint density at radius 1 is 1.15 bits per heavy atom. The maximum atomic E-state index is 6.15. The number of anilines is 1. The van der Waals surface area contributed by atoms with Gasteiger partial charge >= 0.3 is 0 Å². The molecule has 0 aliphatic rings. The zero-order valence-corrected chi connectivity index (χ0v) is 12.1. The normalized spacial score (nSPS) is 11.1. The number of para-hydroxylation sites is 1. The Labute approximate surface area is 123 Å². The first-order valence-electron chi connectivity index (χ1n) is 6.61. The first-order chi connectivity index (χ1) is 9.66. The first kappa shape index (κ1) is 13.0. The van der Waals surface area contributed by atoms with Crippen molar-refractivity contribution in [1.82, 2.24) is 9.55 Å². The summed E-state index contributed by atoms with van der Waals surface area (Å²) >= 11 is 6.15. The van der Waals surface area contributed by atoms with Crippen LogP contribution in [0.3, 0.4) is 0 Å². The second kappa shape index (κ2) is 5.17.